The molecule has 1 fully saturated rings. The number of ether oxygens (including phenoxy) is 1. The van der Waals surface area contributed by atoms with E-state index in [1.54, 1.807) is 0 Å². The molecule has 0 bridgehead atoms. The molecule has 100 valence electrons. The molecule has 18 heavy (non-hydrogen) atoms. The molecule has 1 aromatic heterocycles. The fraction of sp³-hybridized carbons (Fsp3) is 0.643. The van der Waals surface area contributed by atoms with E-state index in [0.717, 1.165) is 30.0 Å². The monoisotopic (exact) mass is 312 g/mol. The molecular formula is C14H21BrN2O. The van der Waals surface area contributed by atoms with Crippen molar-refractivity contribution in [3.63, 3.8) is 0 Å². The van der Waals surface area contributed by atoms with Gasteiger partial charge in [-0.05, 0) is 40.9 Å². The largest absolute Gasteiger partial charge is 0.377 e. The number of hydrogen-bond acceptors (Lipinski definition) is 3. The molecule has 0 spiro atoms. The van der Waals surface area contributed by atoms with Crippen LogP contribution < -0.4 is 5.32 Å². The Morgan fingerprint density at radius 3 is 2.89 bits per heavy atom. The molecular weight excluding hydrogens is 292 g/mol. The quantitative estimate of drug-likeness (QED) is 0.646. The third-order valence-electron chi connectivity index (χ3n) is 3.26. The number of aromatic nitrogens is 1. The van der Waals surface area contributed by atoms with Gasteiger partial charge < -0.3 is 10.1 Å². The van der Waals surface area contributed by atoms with Gasteiger partial charge in [-0.15, -0.1) is 0 Å². The molecule has 1 heterocycles. The van der Waals surface area contributed by atoms with Gasteiger partial charge in [0, 0.05) is 13.1 Å². The summed E-state index contributed by atoms with van der Waals surface area (Å²) in [5.41, 5.74) is 1.06. The highest BCUT2D eigenvalue weighted by atomic mass is 79.9. The SMILES string of the molecule is Brc1cccc(CNCCOC2CCCCC2)n1. The van der Waals surface area contributed by atoms with Gasteiger partial charge in [-0.25, -0.2) is 4.98 Å². The number of nitrogens with zero attached hydrogens (tertiary/aromatic N) is 1. The summed E-state index contributed by atoms with van der Waals surface area (Å²) in [7, 11) is 0. The summed E-state index contributed by atoms with van der Waals surface area (Å²) in [6.45, 7) is 2.50. The minimum absolute atomic E-state index is 0.504. The third-order valence-corrected chi connectivity index (χ3v) is 3.71. The highest BCUT2D eigenvalue weighted by Crippen LogP contribution is 2.19. The van der Waals surface area contributed by atoms with E-state index in [9.17, 15) is 0 Å². The first kappa shape index (κ1) is 14.0. The summed E-state index contributed by atoms with van der Waals surface area (Å²) < 4.78 is 6.74. The van der Waals surface area contributed by atoms with Crippen LogP contribution in [0.5, 0.6) is 0 Å². The highest BCUT2D eigenvalue weighted by molar-refractivity contribution is 9.10. The second kappa shape index (κ2) is 7.87. The third kappa shape index (κ3) is 5.04. The average Bonchev–Trinajstić information content (AvgIpc) is 2.40. The van der Waals surface area contributed by atoms with Crippen LogP contribution >= 0.6 is 15.9 Å². The number of pyridine rings is 1. The maximum atomic E-state index is 5.85. The molecule has 3 nitrogen and oxygen atoms in total. The molecule has 2 rings (SSSR count). The topological polar surface area (TPSA) is 34.1 Å². The van der Waals surface area contributed by atoms with Gasteiger partial charge in [0.15, 0.2) is 0 Å². The zero-order chi connectivity index (χ0) is 12.6. The van der Waals surface area contributed by atoms with Crippen molar-refractivity contribution in [3.05, 3.63) is 28.5 Å². The normalized spacial score (nSPS) is 16.9. The fourth-order valence-electron chi connectivity index (χ4n) is 2.29. The van der Waals surface area contributed by atoms with Crippen LogP contribution in [0.25, 0.3) is 0 Å². The molecule has 1 saturated carbocycles. The molecule has 0 radical (unpaired) electrons. The van der Waals surface area contributed by atoms with E-state index in [0.29, 0.717) is 6.10 Å². The average molecular weight is 313 g/mol. The first-order valence-electron chi connectivity index (χ1n) is 6.78. The van der Waals surface area contributed by atoms with Gasteiger partial charge in [-0.1, -0.05) is 25.3 Å². The van der Waals surface area contributed by atoms with Crippen molar-refractivity contribution in [1.82, 2.24) is 10.3 Å². The minimum atomic E-state index is 0.504. The second-order valence-corrected chi connectivity index (χ2v) is 5.57. The van der Waals surface area contributed by atoms with Gasteiger partial charge >= 0.3 is 0 Å². The van der Waals surface area contributed by atoms with Crippen molar-refractivity contribution in [3.8, 4) is 0 Å². The van der Waals surface area contributed by atoms with Crippen LogP contribution in [0.4, 0.5) is 0 Å². The van der Waals surface area contributed by atoms with E-state index in [1.807, 2.05) is 18.2 Å². The number of rotatable bonds is 6. The van der Waals surface area contributed by atoms with Crippen molar-refractivity contribution in [2.75, 3.05) is 13.2 Å². The molecule has 0 unspecified atom stereocenters. The lowest BCUT2D eigenvalue weighted by Gasteiger charge is -2.21. The van der Waals surface area contributed by atoms with E-state index in [1.165, 1.54) is 32.1 Å². The van der Waals surface area contributed by atoms with Crippen LogP contribution in [-0.2, 0) is 11.3 Å². The highest BCUT2D eigenvalue weighted by Gasteiger charge is 2.12. The molecule has 4 heteroatoms. The van der Waals surface area contributed by atoms with Crippen molar-refractivity contribution in [2.24, 2.45) is 0 Å². The predicted octanol–water partition coefficient (Wildman–Crippen LogP) is 3.28. The lowest BCUT2D eigenvalue weighted by Crippen LogP contribution is -2.24. The summed E-state index contributed by atoms with van der Waals surface area (Å²) >= 11 is 3.37. The Morgan fingerprint density at radius 2 is 2.11 bits per heavy atom. The lowest BCUT2D eigenvalue weighted by atomic mass is 9.98. The van der Waals surface area contributed by atoms with E-state index >= 15 is 0 Å². The summed E-state index contributed by atoms with van der Waals surface area (Å²) in [5, 5.41) is 3.36. The first-order chi connectivity index (χ1) is 8.84. The van der Waals surface area contributed by atoms with Gasteiger partial charge in [0.05, 0.1) is 18.4 Å². The number of hydrogen-bond donors (Lipinski definition) is 1. The Kier molecular flexibility index (Phi) is 6.11. The standard InChI is InChI=1S/C14H21BrN2O/c15-14-8-4-5-12(17-14)11-16-9-10-18-13-6-2-1-3-7-13/h4-5,8,13,16H,1-3,6-7,9-11H2. The van der Waals surface area contributed by atoms with Gasteiger partial charge in [0.1, 0.15) is 4.60 Å². The fourth-order valence-corrected chi connectivity index (χ4v) is 2.68. The maximum Gasteiger partial charge on any atom is 0.106 e. The van der Waals surface area contributed by atoms with Crippen LogP contribution in [-0.4, -0.2) is 24.2 Å². The zero-order valence-corrected chi connectivity index (χ0v) is 12.3. The predicted molar refractivity (Wildman–Crippen MR) is 76.5 cm³/mol. The van der Waals surface area contributed by atoms with E-state index < -0.39 is 0 Å². The van der Waals surface area contributed by atoms with Crippen molar-refractivity contribution in [1.29, 1.82) is 0 Å². The Morgan fingerprint density at radius 1 is 1.28 bits per heavy atom. The van der Waals surface area contributed by atoms with Crippen LogP contribution in [0.15, 0.2) is 22.8 Å². The Labute approximate surface area is 117 Å². The molecule has 0 aromatic carbocycles. The molecule has 0 atom stereocenters. The molecule has 0 amide bonds. The van der Waals surface area contributed by atoms with Gasteiger partial charge in [0.2, 0.25) is 0 Å². The minimum Gasteiger partial charge on any atom is -0.377 e. The van der Waals surface area contributed by atoms with Crippen molar-refractivity contribution >= 4 is 15.9 Å². The van der Waals surface area contributed by atoms with Crippen LogP contribution in [0, 0.1) is 0 Å². The number of halogens is 1. The zero-order valence-electron chi connectivity index (χ0n) is 10.7. The molecule has 0 aliphatic heterocycles. The first-order valence-corrected chi connectivity index (χ1v) is 7.57. The van der Waals surface area contributed by atoms with Crippen LogP contribution in [0.1, 0.15) is 37.8 Å². The molecule has 1 N–H and O–H groups in total. The van der Waals surface area contributed by atoms with E-state index in [-0.39, 0.29) is 0 Å². The summed E-state index contributed by atoms with van der Waals surface area (Å²) in [6, 6.07) is 5.97. The van der Waals surface area contributed by atoms with Gasteiger partial charge in [-0.2, -0.15) is 0 Å². The van der Waals surface area contributed by atoms with Gasteiger partial charge in [-0.3, -0.25) is 0 Å². The van der Waals surface area contributed by atoms with E-state index in [4.69, 9.17) is 4.74 Å². The summed E-state index contributed by atoms with van der Waals surface area (Å²) in [6.07, 6.45) is 7.04. The summed E-state index contributed by atoms with van der Waals surface area (Å²) in [4.78, 5) is 4.37. The Hall–Kier alpha value is -0.450. The Bertz CT molecular complexity index is 353. The smallest absolute Gasteiger partial charge is 0.106 e. The number of nitrogens with one attached hydrogen (secondary N) is 1. The maximum absolute atomic E-state index is 5.85. The van der Waals surface area contributed by atoms with Crippen molar-refractivity contribution < 1.29 is 4.74 Å². The molecule has 0 saturated heterocycles. The van der Waals surface area contributed by atoms with Crippen molar-refractivity contribution in [2.45, 2.75) is 44.8 Å². The Balaban J connectivity index is 1.55. The van der Waals surface area contributed by atoms with Crippen LogP contribution in [0.2, 0.25) is 0 Å². The lowest BCUT2D eigenvalue weighted by molar-refractivity contribution is 0.0302. The molecule has 1 aliphatic carbocycles. The van der Waals surface area contributed by atoms with Crippen LogP contribution in [0.3, 0.4) is 0 Å². The second-order valence-electron chi connectivity index (χ2n) is 4.76. The molecule has 1 aromatic rings. The summed E-state index contributed by atoms with van der Waals surface area (Å²) in [5.74, 6) is 0. The van der Waals surface area contributed by atoms with E-state index in [2.05, 4.69) is 26.2 Å². The van der Waals surface area contributed by atoms with Gasteiger partial charge in [0.25, 0.3) is 0 Å². The molecule has 1 aliphatic rings.